The zero-order valence-corrected chi connectivity index (χ0v) is 22.9. The lowest BCUT2D eigenvalue weighted by atomic mass is 9.65. The van der Waals surface area contributed by atoms with Gasteiger partial charge in [0.1, 0.15) is 11.5 Å². The molecule has 4 aromatic carbocycles. The van der Waals surface area contributed by atoms with Crippen LogP contribution in [0.2, 0.25) is 0 Å². The summed E-state index contributed by atoms with van der Waals surface area (Å²) in [6.07, 6.45) is 3.45. The van der Waals surface area contributed by atoms with E-state index in [-0.39, 0.29) is 21.2 Å². The van der Waals surface area contributed by atoms with E-state index in [0.29, 0.717) is 45.1 Å². The first-order valence-electron chi connectivity index (χ1n) is 13.8. The van der Waals surface area contributed by atoms with Crippen LogP contribution in [0.4, 0.5) is 11.4 Å². The highest BCUT2D eigenvalue weighted by molar-refractivity contribution is 5.88. The average Bonchev–Trinajstić information content (AvgIpc) is 3.35. The third-order valence-corrected chi connectivity index (χ3v) is 8.46. The minimum absolute atomic E-state index is 0.00661. The summed E-state index contributed by atoms with van der Waals surface area (Å²) in [5.74, 6) is 1.18. The minimum Gasteiger partial charge on any atom is -0.457 e. The van der Waals surface area contributed by atoms with E-state index < -0.39 is 5.41 Å². The molecule has 0 radical (unpaired) electrons. The number of para-hydroxylation sites is 2. The van der Waals surface area contributed by atoms with Gasteiger partial charge in [-0.05, 0) is 70.8 Å². The van der Waals surface area contributed by atoms with Gasteiger partial charge in [-0.3, -0.25) is 30.2 Å². The fourth-order valence-electron chi connectivity index (χ4n) is 6.70. The molecule has 0 N–H and O–H groups in total. The van der Waals surface area contributed by atoms with Crippen LogP contribution in [-0.4, -0.2) is 19.8 Å². The molecule has 0 unspecified atom stereocenters. The molecule has 9 nitrogen and oxygen atoms in total. The van der Waals surface area contributed by atoms with Gasteiger partial charge in [0, 0.05) is 35.7 Å². The lowest BCUT2D eigenvalue weighted by molar-refractivity contribution is -0.384. The maximum absolute atomic E-state index is 12.0. The number of benzene rings is 4. The molecule has 1 aliphatic heterocycles. The van der Waals surface area contributed by atoms with Gasteiger partial charge >= 0.3 is 0 Å². The second-order valence-corrected chi connectivity index (χ2v) is 10.6. The number of fused-ring (bicyclic) bond motifs is 9. The van der Waals surface area contributed by atoms with Crippen LogP contribution in [0.5, 0.6) is 11.5 Å². The molecule has 0 amide bonds. The van der Waals surface area contributed by atoms with Gasteiger partial charge in [0.25, 0.3) is 11.4 Å². The van der Waals surface area contributed by atoms with Crippen LogP contribution < -0.4 is 4.74 Å². The molecule has 0 fully saturated rings. The normalized spacial score (nSPS) is 13.3. The van der Waals surface area contributed by atoms with E-state index in [9.17, 15) is 20.2 Å². The zero-order valence-electron chi connectivity index (χ0n) is 22.9. The number of aromatic nitrogens is 2. The maximum atomic E-state index is 12.0. The first-order chi connectivity index (χ1) is 21.5. The van der Waals surface area contributed by atoms with Crippen LogP contribution in [0.15, 0.2) is 122 Å². The van der Waals surface area contributed by atoms with Crippen LogP contribution in [-0.2, 0) is 5.41 Å². The molecule has 210 valence electrons. The number of ether oxygens (including phenoxy) is 1. The average molecular weight is 577 g/mol. The molecule has 44 heavy (non-hydrogen) atoms. The van der Waals surface area contributed by atoms with Gasteiger partial charge in [-0.1, -0.05) is 48.5 Å². The Morgan fingerprint density at radius 2 is 1.00 bits per heavy atom. The number of nitro benzene ring substituents is 2. The number of hydrogen-bond donors (Lipinski definition) is 0. The third kappa shape index (κ3) is 3.46. The van der Waals surface area contributed by atoms with Gasteiger partial charge in [-0.15, -0.1) is 0 Å². The van der Waals surface area contributed by atoms with E-state index in [1.165, 1.54) is 12.1 Å². The Kier molecular flexibility index (Phi) is 5.44. The Hall–Kier alpha value is -6.22. The molecule has 0 saturated heterocycles. The maximum Gasteiger partial charge on any atom is 0.277 e. The van der Waals surface area contributed by atoms with Crippen molar-refractivity contribution in [1.29, 1.82) is 0 Å². The smallest absolute Gasteiger partial charge is 0.277 e. The number of nitro groups is 2. The monoisotopic (exact) mass is 576 g/mol. The molecule has 6 aromatic rings. The summed E-state index contributed by atoms with van der Waals surface area (Å²) >= 11 is 0. The van der Waals surface area contributed by atoms with Crippen LogP contribution >= 0.6 is 0 Å². The molecule has 0 atom stereocenters. The molecule has 3 heterocycles. The van der Waals surface area contributed by atoms with Crippen molar-refractivity contribution in [2.45, 2.75) is 5.41 Å². The summed E-state index contributed by atoms with van der Waals surface area (Å²) in [5, 5.41) is 24.0. The molecule has 8 rings (SSSR count). The number of nitrogens with zero attached hydrogens (tertiary/aromatic N) is 4. The molecular weight excluding hydrogens is 556 g/mol. The van der Waals surface area contributed by atoms with Crippen molar-refractivity contribution < 1.29 is 14.6 Å². The van der Waals surface area contributed by atoms with Crippen molar-refractivity contribution in [3.63, 3.8) is 0 Å². The van der Waals surface area contributed by atoms with Gasteiger partial charge in [0.2, 0.25) is 0 Å². The molecule has 0 saturated carbocycles. The molecule has 1 aliphatic carbocycles. The molecule has 0 bridgehead atoms. The largest absolute Gasteiger partial charge is 0.457 e. The van der Waals surface area contributed by atoms with Crippen LogP contribution in [0.3, 0.4) is 0 Å². The predicted molar refractivity (Wildman–Crippen MR) is 164 cm³/mol. The van der Waals surface area contributed by atoms with E-state index in [1.807, 2.05) is 60.7 Å². The van der Waals surface area contributed by atoms with Gasteiger partial charge in [0.15, 0.2) is 0 Å². The Balaban J connectivity index is 1.48. The van der Waals surface area contributed by atoms with Crippen molar-refractivity contribution in [2.75, 3.05) is 0 Å². The second kappa shape index (κ2) is 9.40. The fourth-order valence-corrected chi connectivity index (χ4v) is 6.70. The summed E-state index contributed by atoms with van der Waals surface area (Å²) in [4.78, 5) is 32.7. The highest BCUT2D eigenvalue weighted by Gasteiger charge is 2.52. The van der Waals surface area contributed by atoms with Gasteiger partial charge in [-0.25, -0.2) is 0 Å². The van der Waals surface area contributed by atoms with Crippen molar-refractivity contribution in [3.8, 4) is 45.1 Å². The highest BCUT2D eigenvalue weighted by atomic mass is 16.6. The van der Waals surface area contributed by atoms with Gasteiger partial charge in [-0.2, -0.15) is 0 Å². The third-order valence-electron chi connectivity index (χ3n) is 8.46. The molecule has 1 spiro atoms. The molecular formula is C35H20N4O5. The standard InChI is InChI=1S/C35H20N4O5/c40-38(41)29-11-3-1-7-23(29)21-13-15-31-27(19-21)35(25-9-5-17-36-33(25)34-26(35)10-6-18-37-34)28-20-22(14-16-32(28)44-31)24-8-2-4-12-30(24)39(42)43/h1-20H. The van der Waals surface area contributed by atoms with E-state index in [4.69, 9.17) is 14.7 Å². The Morgan fingerprint density at radius 1 is 0.545 bits per heavy atom. The van der Waals surface area contributed by atoms with Gasteiger partial charge in [0.05, 0.1) is 37.8 Å². The first-order valence-corrected chi connectivity index (χ1v) is 13.8. The van der Waals surface area contributed by atoms with Crippen molar-refractivity contribution in [1.82, 2.24) is 9.97 Å². The molecule has 9 heteroatoms. The van der Waals surface area contributed by atoms with Crippen molar-refractivity contribution in [2.24, 2.45) is 0 Å². The number of pyridine rings is 2. The van der Waals surface area contributed by atoms with E-state index in [0.717, 1.165) is 22.3 Å². The quantitative estimate of drug-likeness (QED) is 0.153. The predicted octanol–water partition coefficient (Wildman–Crippen LogP) is 8.10. The summed E-state index contributed by atoms with van der Waals surface area (Å²) < 4.78 is 6.52. The number of rotatable bonds is 4. The first kappa shape index (κ1) is 25.5. The SMILES string of the molecule is O=[N+]([O-])c1ccccc1-c1ccc2c(c1)C1(c3cc(-c4ccccc4[N+](=O)[O-])ccc3O2)c2cccnc2-c2ncccc21. The Bertz CT molecular complexity index is 2040. The summed E-state index contributed by atoms with van der Waals surface area (Å²) in [6, 6.07) is 32.3. The minimum atomic E-state index is -0.977. The Labute approximate surface area is 250 Å². The molecule has 2 aromatic heterocycles. The second-order valence-electron chi connectivity index (χ2n) is 10.6. The van der Waals surface area contributed by atoms with E-state index in [1.54, 1.807) is 48.8 Å². The lowest BCUT2D eigenvalue weighted by Gasteiger charge is -2.39. The van der Waals surface area contributed by atoms with E-state index in [2.05, 4.69) is 0 Å². The lowest BCUT2D eigenvalue weighted by Crippen LogP contribution is -2.32. The number of hydrogen-bond acceptors (Lipinski definition) is 7. The van der Waals surface area contributed by atoms with Crippen molar-refractivity contribution >= 4 is 11.4 Å². The van der Waals surface area contributed by atoms with Gasteiger partial charge < -0.3 is 4.74 Å². The van der Waals surface area contributed by atoms with E-state index >= 15 is 0 Å². The highest BCUT2D eigenvalue weighted by Crippen LogP contribution is 2.62. The van der Waals surface area contributed by atoms with Crippen LogP contribution in [0.25, 0.3) is 33.6 Å². The van der Waals surface area contributed by atoms with Crippen LogP contribution in [0.1, 0.15) is 22.3 Å². The fraction of sp³-hybridized carbons (Fsp3) is 0.0286. The zero-order chi connectivity index (χ0) is 30.0. The summed E-state index contributed by atoms with van der Waals surface area (Å²) in [7, 11) is 0. The Morgan fingerprint density at radius 3 is 1.45 bits per heavy atom. The van der Waals surface area contributed by atoms with Crippen molar-refractivity contribution in [3.05, 3.63) is 164 Å². The summed E-state index contributed by atoms with van der Waals surface area (Å²) in [5.41, 5.74) is 5.98. The topological polar surface area (TPSA) is 121 Å². The summed E-state index contributed by atoms with van der Waals surface area (Å²) in [6.45, 7) is 0. The van der Waals surface area contributed by atoms with Crippen LogP contribution in [0, 0.1) is 20.2 Å². The molecule has 2 aliphatic rings.